The number of carbonyl (C=O) groups excluding carboxylic acids is 1. The van der Waals surface area contributed by atoms with E-state index in [0.29, 0.717) is 30.3 Å². The van der Waals surface area contributed by atoms with Crippen LogP contribution in [0.2, 0.25) is 0 Å². The van der Waals surface area contributed by atoms with Crippen LogP contribution in [0, 0.1) is 0 Å². The van der Waals surface area contributed by atoms with E-state index >= 15 is 0 Å². The smallest absolute Gasteiger partial charge is 0.255 e. The molecular formula is C27H24N2O3. The molecule has 5 nitrogen and oxygen atoms in total. The lowest BCUT2D eigenvalue weighted by atomic mass is 10.0. The molecule has 0 aliphatic rings. The van der Waals surface area contributed by atoms with Gasteiger partial charge in [-0.3, -0.25) is 9.78 Å². The Balaban J connectivity index is 1.54. The van der Waals surface area contributed by atoms with E-state index in [4.69, 9.17) is 9.47 Å². The highest BCUT2D eigenvalue weighted by Crippen LogP contribution is 2.31. The van der Waals surface area contributed by atoms with Crippen molar-refractivity contribution in [1.82, 2.24) is 4.98 Å². The zero-order chi connectivity index (χ0) is 22.2. The Kier molecular flexibility index (Phi) is 6.78. The van der Waals surface area contributed by atoms with Crippen LogP contribution in [0.5, 0.6) is 11.5 Å². The van der Waals surface area contributed by atoms with E-state index in [1.165, 1.54) is 0 Å². The molecule has 0 bridgehead atoms. The topological polar surface area (TPSA) is 60.5 Å². The second kappa shape index (κ2) is 10.3. The summed E-state index contributed by atoms with van der Waals surface area (Å²) in [6.45, 7) is 2.73. The molecule has 1 amide bonds. The molecule has 0 saturated carbocycles. The maximum atomic E-state index is 13.0. The molecule has 0 saturated heterocycles. The van der Waals surface area contributed by atoms with Crippen LogP contribution in [-0.2, 0) is 6.61 Å². The zero-order valence-electron chi connectivity index (χ0n) is 17.8. The average molecular weight is 425 g/mol. The molecule has 1 N–H and O–H groups in total. The van der Waals surface area contributed by atoms with Gasteiger partial charge >= 0.3 is 0 Å². The molecule has 1 heterocycles. The first kappa shape index (κ1) is 21.1. The van der Waals surface area contributed by atoms with Crippen molar-refractivity contribution in [2.45, 2.75) is 13.5 Å². The van der Waals surface area contributed by atoms with Gasteiger partial charge in [-0.2, -0.15) is 0 Å². The van der Waals surface area contributed by atoms with E-state index in [1.807, 2.05) is 73.7 Å². The molecule has 1 aromatic heterocycles. The molecule has 0 fully saturated rings. The van der Waals surface area contributed by atoms with Gasteiger partial charge in [0.25, 0.3) is 5.91 Å². The van der Waals surface area contributed by atoms with Crippen molar-refractivity contribution >= 4 is 11.6 Å². The van der Waals surface area contributed by atoms with Gasteiger partial charge in [-0.25, -0.2) is 0 Å². The number of nitrogens with zero attached hydrogens (tertiary/aromatic N) is 1. The SMILES string of the molecule is CCOc1cc(C(=O)Nc2ccccc2-c2ccccc2)ccc1OCc1cccnc1. The molecule has 0 radical (unpaired) electrons. The van der Waals surface area contributed by atoms with Gasteiger partial charge in [0.1, 0.15) is 6.61 Å². The monoisotopic (exact) mass is 424 g/mol. The van der Waals surface area contributed by atoms with Gasteiger partial charge in [0, 0.05) is 34.8 Å². The summed E-state index contributed by atoms with van der Waals surface area (Å²) in [6, 6.07) is 26.7. The number of anilines is 1. The van der Waals surface area contributed by atoms with Crippen LogP contribution < -0.4 is 14.8 Å². The molecule has 4 aromatic rings. The van der Waals surface area contributed by atoms with E-state index in [-0.39, 0.29) is 5.91 Å². The third-order valence-electron chi connectivity index (χ3n) is 4.88. The number of pyridine rings is 1. The maximum Gasteiger partial charge on any atom is 0.255 e. The summed E-state index contributed by atoms with van der Waals surface area (Å²) in [5.74, 6) is 0.894. The molecule has 0 aliphatic heterocycles. The largest absolute Gasteiger partial charge is 0.490 e. The number of carbonyl (C=O) groups is 1. The van der Waals surface area contributed by atoms with Crippen LogP contribution >= 0.6 is 0 Å². The highest BCUT2D eigenvalue weighted by molar-refractivity contribution is 6.06. The molecule has 0 spiro atoms. The van der Waals surface area contributed by atoms with Crippen molar-refractivity contribution in [1.29, 1.82) is 0 Å². The number of amides is 1. The summed E-state index contributed by atoms with van der Waals surface area (Å²) in [4.78, 5) is 17.1. The predicted molar refractivity (Wildman–Crippen MR) is 126 cm³/mol. The second-order valence-corrected chi connectivity index (χ2v) is 7.11. The van der Waals surface area contributed by atoms with Gasteiger partial charge in [0.2, 0.25) is 0 Å². The minimum atomic E-state index is -0.215. The predicted octanol–water partition coefficient (Wildman–Crippen LogP) is 5.98. The lowest BCUT2D eigenvalue weighted by Gasteiger charge is -2.15. The summed E-state index contributed by atoms with van der Waals surface area (Å²) >= 11 is 0. The van der Waals surface area contributed by atoms with Crippen molar-refractivity contribution in [2.75, 3.05) is 11.9 Å². The van der Waals surface area contributed by atoms with E-state index < -0.39 is 0 Å². The highest BCUT2D eigenvalue weighted by atomic mass is 16.5. The third kappa shape index (κ3) is 5.13. The number of benzene rings is 3. The Morgan fingerprint density at radius 2 is 1.69 bits per heavy atom. The van der Waals surface area contributed by atoms with Crippen LogP contribution in [0.15, 0.2) is 97.3 Å². The van der Waals surface area contributed by atoms with Gasteiger partial charge in [-0.15, -0.1) is 0 Å². The lowest BCUT2D eigenvalue weighted by molar-refractivity contribution is 0.102. The van der Waals surface area contributed by atoms with Gasteiger partial charge in [0.15, 0.2) is 11.5 Å². The fraction of sp³-hybridized carbons (Fsp3) is 0.111. The normalized spacial score (nSPS) is 10.4. The average Bonchev–Trinajstić information content (AvgIpc) is 2.85. The molecule has 0 aliphatic carbocycles. The number of para-hydroxylation sites is 1. The molecule has 32 heavy (non-hydrogen) atoms. The van der Waals surface area contributed by atoms with E-state index in [0.717, 1.165) is 22.4 Å². The first-order valence-electron chi connectivity index (χ1n) is 10.5. The van der Waals surface area contributed by atoms with Crippen molar-refractivity contribution < 1.29 is 14.3 Å². The Hall–Kier alpha value is -4.12. The van der Waals surface area contributed by atoms with Crippen LogP contribution in [0.3, 0.4) is 0 Å². The second-order valence-electron chi connectivity index (χ2n) is 7.11. The Morgan fingerprint density at radius 3 is 2.47 bits per heavy atom. The summed E-state index contributed by atoms with van der Waals surface area (Å²) in [6.07, 6.45) is 3.48. The molecule has 0 atom stereocenters. The number of hydrogen-bond donors (Lipinski definition) is 1. The number of hydrogen-bond acceptors (Lipinski definition) is 4. The van der Waals surface area contributed by atoms with Crippen molar-refractivity contribution in [3.8, 4) is 22.6 Å². The number of rotatable bonds is 8. The van der Waals surface area contributed by atoms with Gasteiger partial charge in [-0.05, 0) is 42.8 Å². The van der Waals surface area contributed by atoms with E-state index in [1.54, 1.807) is 30.6 Å². The minimum absolute atomic E-state index is 0.215. The minimum Gasteiger partial charge on any atom is -0.490 e. The number of ether oxygens (including phenoxy) is 2. The molecule has 4 rings (SSSR count). The summed E-state index contributed by atoms with van der Waals surface area (Å²) in [5, 5.41) is 3.03. The Labute approximate surface area is 187 Å². The molecule has 3 aromatic carbocycles. The van der Waals surface area contributed by atoms with Crippen LogP contribution in [0.1, 0.15) is 22.8 Å². The fourth-order valence-electron chi connectivity index (χ4n) is 3.34. The number of nitrogens with one attached hydrogen (secondary N) is 1. The first-order valence-corrected chi connectivity index (χ1v) is 10.5. The van der Waals surface area contributed by atoms with Crippen LogP contribution in [-0.4, -0.2) is 17.5 Å². The Bertz CT molecular complexity index is 1180. The van der Waals surface area contributed by atoms with Crippen LogP contribution in [0.4, 0.5) is 5.69 Å². The maximum absolute atomic E-state index is 13.0. The lowest BCUT2D eigenvalue weighted by Crippen LogP contribution is -2.13. The molecule has 160 valence electrons. The standard InChI is InChI=1S/C27H24N2O3/c1-2-31-26-17-22(14-15-25(26)32-19-20-9-8-16-28-18-20)27(30)29-24-13-7-6-12-23(24)21-10-4-3-5-11-21/h3-18H,2,19H2,1H3,(H,29,30). The highest BCUT2D eigenvalue weighted by Gasteiger charge is 2.14. The summed E-state index contributed by atoms with van der Waals surface area (Å²) in [7, 11) is 0. The Morgan fingerprint density at radius 1 is 0.875 bits per heavy atom. The zero-order valence-corrected chi connectivity index (χ0v) is 17.8. The third-order valence-corrected chi connectivity index (χ3v) is 4.88. The van der Waals surface area contributed by atoms with E-state index in [2.05, 4.69) is 10.3 Å². The molecular weight excluding hydrogens is 400 g/mol. The summed E-state index contributed by atoms with van der Waals surface area (Å²) in [5.41, 5.74) is 4.19. The van der Waals surface area contributed by atoms with Crippen molar-refractivity contribution in [3.05, 3.63) is 108 Å². The van der Waals surface area contributed by atoms with Gasteiger partial charge in [-0.1, -0.05) is 54.6 Å². The van der Waals surface area contributed by atoms with Crippen LogP contribution in [0.25, 0.3) is 11.1 Å². The van der Waals surface area contributed by atoms with Gasteiger partial charge in [0.05, 0.1) is 6.61 Å². The molecule has 5 heteroatoms. The quantitative estimate of drug-likeness (QED) is 0.378. The van der Waals surface area contributed by atoms with E-state index in [9.17, 15) is 4.79 Å². The summed E-state index contributed by atoms with van der Waals surface area (Å²) < 4.78 is 11.6. The van der Waals surface area contributed by atoms with Gasteiger partial charge < -0.3 is 14.8 Å². The van der Waals surface area contributed by atoms with Crippen molar-refractivity contribution in [3.63, 3.8) is 0 Å². The number of aromatic nitrogens is 1. The fourth-order valence-corrected chi connectivity index (χ4v) is 3.34. The first-order chi connectivity index (χ1) is 15.7. The van der Waals surface area contributed by atoms with Crippen molar-refractivity contribution in [2.24, 2.45) is 0 Å². The molecule has 0 unspecified atom stereocenters.